The first kappa shape index (κ1) is 89.0. The van der Waals surface area contributed by atoms with Crippen LogP contribution in [0.1, 0.15) is 57.1 Å². The Bertz CT molecular complexity index is 3960. The topological polar surface area (TPSA) is 524 Å². The van der Waals surface area contributed by atoms with Crippen molar-refractivity contribution < 1.29 is 270 Å². The number of nitrogens with one attached hydrogen (secondary N) is 3. The van der Waals surface area contributed by atoms with Gasteiger partial charge in [0, 0.05) is 38.3 Å². The van der Waals surface area contributed by atoms with E-state index in [0.717, 1.165) is 42.5 Å². The number of benzene rings is 4. The van der Waals surface area contributed by atoms with Crippen LogP contribution in [0.2, 0.25) is 0 Å². The second kappa shape index (κ2) is 36.5. The Morgan fingerprint density at radius 1 is 0.422 bits per heavy atom. The Balaban J connectivity index is 0.0000132. The zero-order valence-corrected chi connectivity index (χ0v) is 67.0. The van der Waals surface area contributed by atoms with Crippen molar-refractivity contribution in [1.29, 1.82) is 0 Å². The molecule has 456 valence electrons. The van der Waals surface area contributed by atoms with Crippen LogP contribution in [0.15, 0.2) is 102 Å². The molecule has 6 rings (SSSR count). The molecule has 6 aromatic rings. The van der Waals surface area contributed by atoms with E-state index in [1.54, 1.807) is 0 Å². The first-order chi connectivity index (χ1) is 38.6. The van der Waals surface area contributed by atoms with Gasteiger partial charge < -0.3 is 68.4 Å². The van der Waals surface area contributed by atoms with Crippen LogP contribution in [-0.4, -0.2) is 168 Å². The maximum Gasteiger partial charge on any atom is 1.00 e. The van der Waals surface area contributed by atoms with Gasteiger partial charge >= 0.3 is 177 Å². The van der Waals surface area contributed by atoms with Crippen LogP contribution in [0.5, 0.6) is 0 Å². The minimum atomic E-state index is -5.47. The molecular formula is C46H49N11Na6O21S6. The summed E-state index contributed by atoms with van der Waals surface area (Å²) in [6.45, 7) is 7.31. The van der Waals surface area contributed by atoms with E-state index in [2.05, 4.69) is 45.9 Å². The number of anilines is 8. The molecule has 0 bridgehead atoms. The van der Waals surface area contributed by atoms with E-state index in [4.69, 9.17) is 0 Å². The maximum absolute atomic E-state index is 12.9. The Morgan fingerprint density at radius 3 is 1.18 bits per heavy atom. The molecule has 44 heteroatoms. The predicted molar refractivity (Wildman–Crippen MR) is 289 cm³/mol. The Morgan fingerprint density at radius 2 is 0.789 bits per heavy atom. The van der Waals surface area contributed by atoms with Crippen molar-refractivity contribution in [2.45, 2.75) is 88.7 Å². The molecule has 0 aliphatic heterocycles. The third-order valence-corrected chi connectivity index (χ3v) is 16.3. The van der Waals surface area contributed by atoms with Gasteiger partial charge in [-0.15, -0.1) is 0 Å². The number of nitrogens with zero attached hydrogens (tertiary/aromatic N) is 8. The van der Waals surface area contributed by atoms with Gasteiger partial charge in [-0.3, -0.25) is 0 Å². The SMILES string of the molecule is CC(C)CN(CC(C)O)c1nc(Cc2ccc(/C=C/c3ccc(Nc4nc(Nc5cc(S(=O)(=O)[O-])ccc5S(=O)(=O)[O-])nc(N(CC(C)O)CC(C)O)n4)cc3S(=O)(=O)[O-])c(S(=O)(=O)[O-])c2)nc(Nc2cc(S(=O)(=O)[O-])ccc2S(=O)(=O)[O-])n1.[Na+].[Na+].[Na+].[Na+].[Na+].[Na+]. The molecule has 2 heterocycles. The van der Waals surface area contributed by atoms with Crippen molar-refractivity contribution in [3.8, 4) is 0 Å². The van der Waals surface area contributed by atoms with E-state index in [0.29, 0.717) is 36.4 Å². The zero-order chi connectivity index (χ0) is 62.7. The molecule has 4 aromatic carbocycles. The van der Waals surface area contributed by atoms with E-state index < -0.39 is 150 Å². The molecule has 6 N–H and O–H groups in total. The molecule has 0 amide bonds. The minimum Gasteiger partial charge on any atom is -0.744 e. The molecule has 0 fully saturated rings. The van der Waals surface area contributed by atoms with E-state index in [-0.39, 0.29) is 244 Å². The number of aliphatic hydroxyl groups is 3. The van der Waals surface area contributed by atoms with Crippen molar-refractivity contribution >= 4 is 120 Å². The van der Waals surface area contributed by atoms with Crippen molar-refractivity contribution in [3.05, 3.63) is 95.3 Å². The summed E-state index contributed by atoms with van der Waals surface area (Å²) in [6.07, 6.45) is -1.75. The Hall–Kier alpha value is -1.02. The van der Waals surface area contributed by atoms with Crippen LogP contribution < -0.4 is 203 Å². The monoisotopic (exact) mass is 1420 g/mol. The molecule has 2 aromatic heterocycles. The van der Waals surface area contributed by atoms with Gasteiger partial charge in [0.1, 0.15) is 66.5 Å². The fraction of sp³-hybridized carbons (Fsp3) is 0.304. The largest absolute Gasteiger partial charge is 1.00 e. The predicted octanol–water partition coefficient (Wildman–Crippen LogP) is -17.1. The van der Waals surface area contributed by atoms with Gasteiger partial charge in [0.05, 0.1) is 59.1 Å². The first-order valence-corrected chi connectivity index (χ1v) is 32.4. The number of hydrogen-bond donors (Lipinski definition) is 6. The molecule has 0 aliphatic carbocycles. The minimum absolute atomic E-state index is 0. The van der Waals surface area contributed by atoms with Crippen molar-refractivity contribution in [2.75, 3.05) is 51.9 Å². The maximum atomic E-state index is 12.9. The molecule has 0 saturated carbocycles. The molecule has 32 nitrogen and oxygen atoms in total. The average molecular weight is 1420 g/mol. The molecular weight excluding hydrogens is 1370 g/mol. The van der Waals surface area contributed by atoms with E-state index in [9.17, 15) is 93.1 Å². The summed E-state index contributed by atoms with van der Waals surface area (Å²) in [4.78, 5) is 22.2. The van der Waals surface area contributed by atoms with Crippen molar-refractivity contribution in [1.82, 2.24) is 29.9 Å². The Labute approximate surface area is 652 Å². The van der Waals surface area contributed by atoms with E-state index in [1.807, 2.05) is 13.8 Å². The van der Waals surface area contributed by atoms with Gasteiger partial charge in [0.2, 0.25) is 29.7 Å². The summed E-state index contributed by atoms with van der Waals surface area (Å²) in [5, 5.41) is 38.3. The smallest absolute Gasteiger partial charge is 0.744 e. The van der Waals surface area contributed by atoms with Crippen LogP contribution in [-0.2, 0) is 67.1 Å². The molecule has 0 aliphatic rings. The van der Waals surface area contributed by atoms with Crippen LogP contribution in [0.3, 0.4) is 0 Å². The van der Waals surface area contributed by atoms with E-state index >= 15 is 0 Å². The fourth-order valence-corrected chi connectivity index (χ4v) is 11.5. The number of aliphatic hydroxyl groups excluding tert-OH is 3. The molecule has 0 saturated heterocycles. The Kier molecular flexibility index (Phi) is 36.1. The normalized spacial score (nSPS) is 12.9. The third kappa shape index (κ3) is 26.4. The van der Waals surface area contributed by atoms with Crippen molar-refractivity contribution in [2.24, 2.45) is 5.92 Å². The zero-order valence-electron chi connectivity index (χ0n) is 50.1. The second-order valence-corrected chi connectivity index (χ2v) is 27.1. The van der Waals surface area contributed by atoms with Gasteiger partial charge in [-0.1, -0.05) is 44.2 Å². The standard InChI is InChI=1S/C46H55N11O21S6.6Na/c1-25(2)21-56(22-26(3)58)45-51-41(50-43(54-45)48-35-19-33(79(61,62)63)12-14-37(35)81(67,68)69)17-29-6-7-30(39(16-29)83(73,74)75)8-9-31-10-11-32(18-40(31)84(76,77)78)47-42-52-44(55-46(53-42)57(23-27(4)59)24-28(5)60)49-36-20-34(80(64,65)66)13-15-38(36)82(70,71)72;;;;;;/h6-16,18-20,25-28,58-60H,17,21-24H2,1-5H3,(H,61,62,63)(H,64,65,66)(H,67,68,69)(H,70,71,72)(H,73,74,75)(H,76,77,78)(H,48,50,51,54)(H2,47,49,52,53,55);;;;;;/q;6*+1/p-6/b9-8+;;;;;;. The van der Waals surface area contributed by atoms with Gasteiger partial charge in [-0.2, -0.15) is 29.9 Å². The van der Waals surface area contributed by atoms with Gasteiger partial charge in [0.25, 0.3) is 0 Å². The summed E-state index contributed by atoms with van der Waals surface area (Å²) >= 11 is 0. The summed E-state index contributed by atoms with van der Waals surface area (Å²) in [7, 11) is -32.1. The average Bonchev–Trinajstić information content (AvgIpc) is 0.931. The van der Waals surface area contributed by atoms with Crippen molar-refractivity contribution in [3.63, 3.8) is 0 Å². The summed E-state index contributed by atoms with van der Waals surface area (Å²) in [6, 6.07) is 9.62. The van der Waals surface area contributed by atoms with Gasteiger partial charge in [-0.05, 0) is 98.0 Å². The quantitative estimate of drug-likeness (QED) is 0.0167. The molecule has 0 spiro atoms. The van der Waals surface area contributed by atoms with Crippen LogP contribution in [0.25, 0.3) is 12.2 Å². The van der Waals surface area contributed by atoms with Crippen LogP contribution in [0, 0.1) is 5.92 Å². The molecule has 3 unspecified atom stereocenters. The molecule has 90 heavy (non-hydrogen) atoms. The summed E-state index contributed by atoms with van der Waals surface area (Å²) < 4.78 is 222. The van der Waals surface area contributed by atoms with E-state index in [1.165, 1.54) is 36.6 Å². The van der Waals surface area contributed by atoms with Crippen LogP contribution >= 0.6 is 0 Å². The molecule has 3 atom stereocenters. The second-order valence-electron chi connectivity index (χ2n) is 19.0. The number of hydrogen-bond acceptors (Lipinski definition) is 32. The molecule has 0 radical (unpaired) electrons. The van der Waals surface area contributed by atoms with Gasteiger partial charge in [0.15, 0.2) is 0 Å². The third-order valence-electron chi connectivity index (χ3n) is 11.1. The number of aromatic nitrogens is 6. The summed E-state index contributed by atoms with van der Waals surface area (Å²) in [5.74, 6) is -2.67. The fourth-order valence-electron chi connectivity index (χ4n) is 7.88. The summed E-state index contributed by atoms with van der Waals surface area (Å²) in [5.41, 5.74) is -2.54. The van der Waals surface area contributed by atoms with Crippen LogP contribution in [0.4, 0.5) is 46.8 Å². The first-order valence-electron chi connectivity index (χ1n) is 24.0. The number of rotatable bonds is 26. The van der Waals surface area contributed by atoms with Gasteiger partial charge in [-0.25, -0.2) is 50.5 Å².